The van der Waals surface area contributed by atoms with Gasteiger partial charge in [0.1, 0.15) is 0 Å². The third-order valence-electron chi connectivity index (χ3n) is 4.41. The number of hydrogen-bond acceptors (Lipinski definition) is 5. The standard InChI is InChI=1S/C17H24N4S/c1-14-17(22-19-18-14)13-20(2)12-16-9-6-10-21(16)11-15-7-4-3-5-8-15/h3-5,7-8,16H,6,9-13H2,1-2H3/t16-/m1/s1. The first-order valence-electron chi connectivity index (χ1n) is 7.96. The van der Waals surface area contributed by atoms with Crippen LogP contribution in [0, 0.1) is 6.92 Å². The molecule has 3 rings (SSSR count). The van der Waals surface area contributed by atoms with E-state index in [4.69, 9.17) is 0 Å². The highest BCUT2D eigenvalue weighted by Gasteiger charge is 2.25. The van der Waals surface area contributed by atoms with Gasteiger partial charge in [-0.05, 0) is 50.5 Å². The van der Waals surface area contributed by atoms with Gasteiger partial charge in [-0.2, -0.15) is 0 Å². The molecule has 118 valence electrons. The fraction of sp³-hybridized carbons (Fsp3) is 0.529. The Kier molecular flexibility index (Phi) is 5.18. The van der Waals surface area contributed by atoms with E-state index in [0.29, 0.717) is 6.04 Å². The molecule has 1 aliphatic rings. The van der Waals surface area contributed by atoms with E-state index in [1.807, 2.05) is 6.92 Å². The van der Waals surface area contributed by atoms with Crippen LogP contribution in [0.2, 0.25) is 0 Å². The molecular weight excluding hydrogens is 292 g/mol. The zero-order valence-electron chi connectivity index (χ0n) is 13.4. The minimum atomic E-state index is 0.659. The Labute approximate surface area is 136 Å². The number of rotatable bonds is 6. The Morgan fingerprint density at radius 2 is 2.14 bits per heavy atom. The molecule has 22 heavy (non-hydrogen) atoms. The van der Waals surface area contributed by atoms with Crippen LogP contribution in [0.1, 0.15) is 29.0 Å². The van der Waals surface area contributed by atoms with Crippen molar-refractivity contribution in [2.75, 3.05) is 20.1 Å². The van der Waals surface area contributed by atoms with Crippen LogP contribution in [0.15, 0.2) is 30.3 Å². The normalized spacial score (nSPS) is 19.1. The van der Waals surface area contributed by atoms with Crippen LogP contribution in [-0.2, 0) is 13.1 Å². The van der Waals surface area contributed by atoms with Crippen LogP contribution in [0.5, 0.6) is 0 Å². The largest absolute Gasteiger partial charge is 0.300 e. The third-order valence-corrected chi connectivity index (χ3v) is 5.22. The Morgan fingerprint density at radius 1 is 1.32 bits per heavy atom. The van der Waals surface area contributed by atoms with Crippen LogP contribution < -0.4 is 0 Å². The van der Waals surface area contributed by atoms with Crippen molar-refractivity contribution >= 4 is 11.5 Å². The van der Waals surface area contributed by atoms with Gasteiger partial charge in [-0.15, -0.1) is 5.10 Å². The molecule has 2 heterocycles. The monoisotopic (exact) mass is 316 g/mol. The average molecular weight is 316 g/mol. The minimum Gasteiger partial charge on any atom is -0.300 e. The third kappa shape index (κ3) is 3.91. The second kappa shape index (κ2) is 7.31. The molecule has 0 bridgehead atoms. The van der Waals surface area contributed by atoms with Gasteiger partial charge in [-0.1, -0.05) is 34.8 Å². The molecule has 1 aliphatic heterocycles. The number of aryl methyl sites for hydroxylation is 1. The SMILES string of the molecule is Cc1nnsc1CN(C)C[C@H]1CCCN1Cc1ccccc1. The highest BCUT2D eigenvalue weighted by atomic mass is 32.1. The fourth-order valence-electron chi connectivity index (χ4n) is 3.19. The Bertz CT molecular complexity index is 583. The molecule has 0 aliphatic carbocycles. The lowest BCUT2D eigenvalue weighted by molar-refractivity contribution is 0.182. The summed E-state index contributed by atoms with van der Waals surface area (Å²) in [5.41, 5.74) is 2.49. The van der Waals surface area contributed by atoms with Crippen molar-refractivity contribution in [2.24, 2.45) is 0 Å². The zero-order valence-corrected chi connectivity index (χ0v) is 14.2. The lowest BCUT2D eigenvalue weighted by Crippen LogP contribution is -2.38. The van der Waals surface area contributed by atoms with Gasteiger partial charge in [-0.3, -0.25) is 9.80 Å². The second-order valence-electron chi connectivity index (χ2n) is 6.23. The lowest BCUT2D eigenvalue weighted by Gasteiger charge is -2.28. The van der Waals surface area contributed by atoms with Gasteiger partial charge >= 0.3 is 0 Å². The van der Waals surface area contributed by atoms with Gasteiger partial charge in [0.15, 0.2) is 0 Å². The van der Waals surface area contributed by atoms with Gasteiger partial charge in [0.05, 0.1) is 10.6 Å². The first-order chi connectivity index (χ1) is 10.7. The molecule has 1 saturated heterocycles. The van der Waals surface area contributed by atoms with Gasteiger partial charge in [0, 0.05) is 25.7 Å². The van der Waals surface area contributed by atoms with E-state index in [2.05, 4.69) is 56.8 Å². The Morgan fingerprint density at radius 3 is 2.86 bits per heavy atom. The summed E-state index contributed by atoms with van der Waals surface area (Å²) >= 11 is 1.52. The quantitative estimate of drug-likeness (QED) is 0.820. The number of likely N-dealkylation sites (N-methyl/N-ethyl adjacent to an activating group) is 1. The number of benzene rings is 1. The van der Waals surface area contributed by atoms with Gasteiger partial charge in [0.2, 0.25) is 0 Å². The fourth-order valence-corrected chi connectivity index (χ4v) is 3.91. The zero-order chi connectivity index (χ0) is 15.4. The summed E-state index contributed by atoms with van der Waals surface area (Å²) in [7, 11) is 2.21. The van der Waals surface area contributed by atoms with Crippen molar-refractivity contribution in [1.82, 2.24) is 19.4 Å². The van der Waals surface area contributed by atoms with Crippen molar-refractivity contribution in [3.63, 3.8) is 0 Å². The predicted octanol–water partition coefficient (Wildman–Crippen LogP) is 2.94. The van der Waals surface area contributed by atoms with Crippen molar-refractivity contribution in [3.05, 3.63) is 46.5 Å². The summed E-state index contributed by atoms with van der Waals surface area (Å²) < 4.78 is 4.03. The van der Waals surface area contributed by atoms with Gasteiger partial charge < -0.3 is 0 Å². The van der Waals surface area contributed by atoms with E-state index in [0.717, 1.165) is 25.3 Å². The summed E-state index contributed by atoms with van der Waals surface area (Å²) in [6.07, 6.45) is 2.61. The van der Waals surface area contributed by atoms with Gasteiger partial charge in [0.25, 0.3) is 0 Å². The molecule has 0 unspecified atom stereocenters. The molecule has 1 fully saturated rings. The van der Waals surface area contributed by atoms with Crippen LogP contribution >= 0.6 is 11.5 Å². The maximum atomic E-state index is 4.10. The van der Waals surface area contributed by atoms with Crippen LogP contribution in [0.25, 0.3) is 0 Å². The molecule has 4 nitrogen and oxygen atoms in total. The van der Waals surface area contributed by atoms with Crippen molar-refractivity contribution in [3.8, 4) is 0 Å². The average Bonchev–Trinajstić information content (AvgIpc) is 3.10. The molecule has 0 radical (unpaired) electrons. The molecule has 5 heteroatoms. The van der Waals surface area contributed by atoms with Crippen molar-refractivity contribution < 1.29 is 0 Å². The first-order valence-corrected chi connectivity index (χ1v) is 8.74. The number of likely N-dealkylation sites (tertiary alicyclic amines) is 1. The first kappa shape index (κ1) is 15.6. The van der Waals surface area contributed by atoms with Crippen molar-refractivity contribution in [1.29, 1.82) is 0 Å². The van der Waals surface area contributed by atoms with Gasteiger partial charge in [-0.25, -0.2) is 0 Å². The maximum absolute atomic E-state index is 4.10. The van der Waals surface area contributed by atoms with E-state index in [9.17, 15) is 0 Å². The number of aromatic nitrogens is 2. The molecule has 0 N–H and O–H groups in total. The molecule has 1 aromatic carbocycles. The number of hydrogen-bond donors (Lipinski definition) is 0. The van der Waals surface area contributed by atoms with Crippen LogP contribution in [-0.4, -0.2) is 45.6 Å². The summed E-state index contributed by atoms with van der Waals surface area (Å²) in [4.78, 5) is 6.33. The molecule has 1 atom stereocenters. The minimum absolute atomic E-state index is 0.659. The second-order valence-corrected chi connectivity index (χ2v) is 7.07. The van der Waals surface area contributed by atoms with E-state index in [1.165, 1.54) is 41.4 Å². The summed E-state index contributed by atoms with van der Waals surface area (Å²) in [6, 6.07) is 11.5. The maximum Gasteiger partial charge on any atom is 0.0769 e. The molecular formula is C17H24N4S. The van der Waals surface area contributed by atoms with Crippen LogP contribution in [0.3, 0.4) is 0 Å². The highest BCUT2D eigenvalue weighted by molar-refractivity contribution is 7.05. The van der Waals surface area contributed by atoms with E-state index < -0.39 is 0 Å². The van der Waals surface area contributed by atoms with E-state index in [1.54, 1.807) is 0 Å². The molecule has 0 spiro atoms. The highest BCUT2D eigenvalue weighted by Crippen LogP contribution is 2.21. The predicted molar refractivity (Wildman–Crippen MR) is 90.9 cm³/mol. The van der Waals surface area contributed by atoms with Crippen LogP contribution in [0.4, 0.5) is 0 Å². The topological polar surface area (TPSA) is 32.3 Å². The molecule has 1 aromatic heterocycles. The Hall–Kier alpha value is -1.30. The van der Waals surface area contributed by atoms with E-state index >= 15 is 0 Å². The molecule has 0 saturated carbocycles. The molecule has 0 amide bonds. The lowest BCUT2D eigenvalue weighted by atomic mass is 10.1. The summed E-state index contributed by atoms with van der Waals surface area (Å²) in [5, 5.41) is 4.10. The summed E-state index contributed by atoms with van der Waals surface area (Å²) in [6.45, 7) is 6.41. The number of nitrogens with zero attached hydrogens (tertiary/aromatic N) is 4. The van der Waals surface area contributed by atoms with E-state index in [-0.39, 0.29) is 0 Å². The summed E-state index contributed by atoms with van der Waals surface area (Å²) in [5.74, 6) is 0. The molecule has 2 aromatic rings. The Balaban J connectivity index is 1.55. The van der Waals surface area contributed by atoms with Crippen molar-refractivity contribution in [2.45, 2.75) is 38.9 Å². The smallest absolute Gasteiger partial charge is 0.0769 e.